The van der Waals surface area contributed by atoms with Crippen molar-refractivity contribution in [2.75, 3.05) is 26.2 Å². The molecule has 1 aromatic rings. The largest absolute Gasteiger partial charge is 0.433 e. The third-order valence-corrected chi connectivity index (χ3v) is 3.71. The van der Waals surface area contributed by atoms with Crippen LogP contribution in [0, 0.1) is 6.92 Å². The molecule has 0 aromatic carbocycles. The molecule has 0 spiro atoms. The molecular weight excluding hydrogens is 325 g/mol. The second-order valence-electron chi connectivity index (χ2n) is 5.94. The number of nitrogens with one attached hydrogen (secondary N) is 1. The van der Waals surface area contributed by atoms with E-state index in [1.54, 1.807) is 0 Å². The Balaban J connectivity index is 1.81. The summed E-state index contributed by atoms with van der Waals surface area (Å²) in [5.41, 5.74) is -0.736. The number of amides is 1. The van der Waals surface area contributed by atoms with Crippen molar-refractivity contribution in [1.29, 1.82) is 0 Å². The van der Waals surface area contributed by atoms with Gasteiger partial charge in [0.2, 0.25) is 5.91 Å². The van der Waals surface area contributed by atoms with Crippen molar-refractivity contribution < 1.29 is 23.1 Å². The fourth-order valence-electron chi connectivity index (χ4n) is 2.63. The molecule has 0 unspecified atom stereocenters. The maximum absolute atomic E-state index is 12.7. The number of aromatic nitrogens is 2. The number of β-amino-alcohol motifs (C(OH)–C–C–N with tert-alkyl or cyclic N) is 1. The van der Waals surface area contributed by atoms with E-state index < -0.39 is 18.0 Å². The number of rotatable bonds is 5. The van der Waals surface area contributed by atoms with Gasteiger partial charge in [-0.25, -0.2) is 9.97 Å². The van der Waals surface area contributed by atoms with E-state index >= 15 is 0 Å². The van der Waals surface area contributed by atoms with Gasteiger partial charge in [-0.3, -0.25) is 9.69 Å². The smallest absolute Gasteiger partial charge is 0.392 e. The molecule has 1 aromatic heterocycles. The molecule has 0 aliphatic carbocycles. The van der Waals surface area contributed by atoms with E-state index in [1.165, 1.54) is 6.92 Å². The van der Waals surface area contributed by atoms with Gasteiger partial charge in [-0.05, 0) is 32.4 Å². The molecule has 9 heteroatoms. The topological polar surface area (TPSA) is 78.4 Å². The van der Waals surface area contributed by atoms with Crippen LogP contribution in [0.3, 0.4) is 0 Å². The normalized spacial score (nSPS) is 19.3. The standard InChI is InChI=1S/C15H21F3N4O2/c1-10-7-12(15(16,17)18)21-13(20-10)4-5-19-14(24)9-22-6-2-3-11(23)8-22/h7,11,23H,2-6,8-9H2,1H3,(H,19,24)/t11-/m1/s1. The lowest BCUT2D eigenvalue weighted by atomic mass is 10.1. The van der Waals surface area contributed by atoms with Crippen LogP contribution in [0.4, 0.5) is 13.2 Å². The van der Waals surface area contributed by atoms with Gasteiger partial charge in [-0.15, -0.1) is 0 Å². The molecule has 0 radical (unpaired) electrons. The Morgan fingerprint density at radius 1 is 1.46 bits per heavy atom. The van der Waals surface area contributed by atoms with Crippen LogP contribution in [-0.2, 0) is 17.4 Å². The number of nitrogens with zero attached hydrogens (tertiary/aromatic N) is 3. The van der Waals surface area contributed by atoms with Gasteiger partial charge in [-0.1, -0.05) is 0 Å². The highest BCUT2D eigenvalue weighted by Gasteiger charge is 2.33. The average Bonchev–Trinajstić information content (AvgIpc) is 2.45. The van der Waals surface area contributed by atoms with Crippen LogP contribution >= 0.6 is 0 Å². The molecule has 2 N–H and O–H groups in total. The number of carbonyl (C=O) groups excluding carboxylic acids is 1. The number of aliphatic hydroxyl groups excluding tert-OH is 1. The zero-order valence-corrected chi connectivity index (χ0v) is 13.4. The summed E-state index contributed by atoms with van der Waals surface area (Å²) in [7, 11) is 0. The summed E-state index contributed by atoms with van der Waals surface area (Å²) >= 11 is 0. The van der Waals surface area contributed by atoms with Crippen LogP contribution < -0.4 is 5.32 Å². The first kappa shape index (κ1) is 18.6. The minimum absolute atomic E-state index is 0.0519. The minimum Gasteiger partial charge on any atom is -0.392 e. The van der Waals surface area contributed by atoms with Crippen molar-refractivity contribution in [2.45, 2.75) is 38.5 Å². The van der Waals surface area contributed by atoms with Gasteiger partial charge in [0.15, 0.2) is 0 Å². The summed E-state index contributed by atoms with van der Waals surface area (Å²) in [6, 6.07) is 0.893. The first-order chi connectivity index (χ1) is 11.2. The molecule has 1 saturated heterocycles. The fraction of sp³-hybridized carbons (Fsp3) is 0.667. The van der Waals surface area contributed by atoms with Gasteiger partial charge in [0.1, 0.15) is 11.5 Å². The van der Waals surface area contributed by atoms with Crippen LogP contribution in [0.1, 0.15) is 30.1 Å². The Hall–Kier alpha value is -1.74. The summed E-state index contributed by atoms with van der Waals surface area (Å²) < 4.78 is 38.1. The van der Waals surface area contributed by atoms with Gasteiger partial charge < -0.3 is 10.4 Å². The summed E-state index contributed by atoms with van der Waals surface area (Å²) in [6.45, 7) is 3.01. The van der Waals surface area contributed by atoms with Crippen molar-refractivity contribution in [3.8, 4) is 0 Å². The SMILES string of the molecule is Cc1cc(C(F)(F)F)nc(CCNC(=O)CN2CCC[C@@H](O)C2)n1. The lowest BCUT2D eigenvalue weighted by molar-refractivity contribution is -0.141. The van der Waals surface area contributed by atoms with E-state index in [0.717, 1.165) is 25.5 Å². The van der Waals surface area contributed by atoms with Gasteiger partial charge in [0.05, 0.1) is 12.6 Å². The molecule has 0 saturated carbocycles. The third-order valence-electron chi connectivity index (χ3n) is 3.71. The number of aliphatic hydroxyl groups is 1. The molecule has 1 atom stereocenters. The predicted octanol–water partition coefficient (Wildman–Crippen LogP) is 0.919. The van der Waals surface area contributed by atoms with Crippen LogP contribution in [0.2, 0.25) is 0 Å². The molecule has 24 heavy (non-hydrogen) atoms. The Bertz CT molecular complexity index is 580. The third kappa shape index (κ3) is 5.72. The molecule has 2 rings (SSSR count). The van der Waals surface area contributed by atoms with Crippen LogP contribution in [0.25, 0.3) is 0 Å². The summed E-state index contributed by atoms with van der Waals surface area (Å²) in [6.07, 6.45) is -3.22. The Labute approximate surface area is 138 Å². The number of halogens is 3. The van der Waals surface area contributed by atoms with Crippen molar-refractivity contribution in [1.82, 2.24) is 20.2 Å². The quantitative estimate of drug-likeness (QED) is 0.829. The first-order valence-corrected chi connectivity index (χ1v) is 7.83. The molecule has 6 nitrogen and oxygen atoms in total. The lowest BCUT2D eigenvalue weighted by Gasteiger charge is -2.29. The number of carbonyl (C=O) groups is 1. The number of piperidine rings is 1. The second-order valence-corrected chi connectivity index (χ2v) is 5.94. The van der Waals surface area contributed by atoms with Crippen molar-refractivity contribution >= 4 is 5.91 Å². The fourth-order valence-corrected chi connectivity index (χ4v) is 2.63. The number of likely N-dealkylation sites (tertiary alicyclic amines) is 1. The van der Waals surface area contributed by atoms with E-state index in [0.29, 0.717) is 6.54 Å². The van der Waals surface area contributed by atoms with Gasteiger partial charge in [0.25, 0.3) is 0 Å². The zero-order valence-electron chi connectivity index (χ0n) is 13.4. The van der Waals surface area contributed by atoms with E-state index in [-0.39, 0.29) is 36.9 Å². The molecule has 0 bridgehead atoms. The molecule has 2 heterocycles. The zero-order chi connectivity index (χ0) is 17.7. The number of hydrogen-bond acceptors (Lipinski definition) is 5. The van der Waals surface area contributed by atoms with Crippen LogP contribution in [-0.4, -0.2) is 58.2 Å². The van der Waals surface area contributed by atoms with Gasteiger partial charge in [0, 0.05) is 25.2 Å². The lowest BCUT2D eigenvalue weighted by Crippen LogP contribution is -2.44. The van der Waals surface area contributed by atoms with Crippen molar-refractivity contribution in [2.24, 2.45) is 0 Å². The highest BCUT2D eigenvalue weighted by molar-refractivity contribution is 5.78. The summed E-state index contributed by atoms with van der Waals surface area (Å²) in [5.74, 6) is -0.177. The van der Waals surface area contributed by atoms with Crippen LogP contribution in [0.5, 0.6) is 0 Å². The summed E-state index contributed by atoms with van der Waals surface area (Å²) in [4.78, 5) is 21.2. The Morgan fingerprint density at radius 3 is 2.88 bits per heavy atom. The molecule has 134 valence electrons. The Morgan fingerprint density at radius 2 is 2.21 bits per heavy atom. The molecule has 1 fully saturated rings. The maximum atomic E-state index is 12.7. The van der Waals surface area contributed by atoms with Gasteiger partial charge in [-0.2, -0.15) is 13.2 Å². The molecular formula is C15H21F3N4O2. The number of alkyl halides is 3. The van der Waals surface area contributed by atoms with Crippen molar-refractivity contribution in [3.05, 3.63) is 23.3 Å². The van der Waals surface area contributed by atoms with E-state index in [1.807, 2.05) is 4.90 Å². The molecule has 1 aliphatic heterocycles. The summed E-state index contributed by atoms with van der Waals surface area (Å²) in [5, 5.41) is 12.2. The monoisotopic (exact) mass is 346 g/mol. The highest BCUT2D eigenvalue weighted by atomic mass is 19.4. The van der Waals surface area contributed by atoms with Crippen molar-refractivity contribution in [3.63, 3.8) is 0 Å². The average molecular weight is 346 g/mol. The van der Waals surface area contributed by atoms with Gasteiger partial charge >= 0.3 is 6.18 Å². The number of hydrogen-bond donors (Lipinski definition) is 2. The minimum atomic E-state index is -4.51. The molecule has 1 amide bonds. The Kier molecular flexibility index (Phi) is 6.11. The maximum Gasteiger partial charge on any atom is 0.433 e. The van der Waals surface area contributed by atoms with E-state index in [9.17, 15) is 23.1 Å². The predicted molar refractivity (Wildman–Crippen MR) is 80.2 cm³/mol. The molecule has 1 aliphatic rings. The first-order valence-electron chi connectivity index (χ1n) is 7.83. The number of aryl methyl sites for hydroxylation is 1. The highest BCUT2D eigenvalue weighted by Crippen LogP contribution is 2.27. The second kappa shape index (κ2) is 7.89. The van der Waals surface area contributed by atoms with Crippen LogP contribution in [0.15, 0.2) is 6.07 Å². The van der Waals surface area contributed by atoms with E-state index in [4.69, 9.17) is 0 Å². The van der Waals surface area contributed by atoms with E-state index in [2.05, 4.69) is 15.3 Å².